The number of rotatable bonds is 4. The molecule has 1 saturated carbocycles. The van der Waals surface area contributed by atoms with E-state index in [1.165, 1.54) is 0 Å². The lowest BCUT2D eigenvalue weighted by Crippen LogP contribution is -2.24. The molecule has 0 aliphatic heterocycles. The van der Waals surface area contributed by atoms with Crippen molar-refractivity contribution >= 4 is 23.2 Å². The number of hydrogen-bond donors (Lipinski definition) is 2. The Bertz CT molecular complexity index is 530. The molecule has 0 bridgehead atoms. The molecule has 0 radical (unpaired) electrons. The molecule has 3 N–H and O–H groups in total. The van der Waals surface area contributed by atoms with Crippen LogP contribution in [0.5, 0.6) is 5.75 Å². The molecule has 20 heavy (non-hydrogen) atoms. The van der Waals surface area contributed by atoms with Crippen LogP contribution in [0.2, 0.25) is 5.02 Å². The van der Waals surface area contributed by atoms with Crippen molar-refractivity contribution < 1.29 is 4.74 Å². The molecule has 0 amide bonds. The molecule has 110 valence electrons. The zero-order chi connectivity index (χ0) is 14.9. The monoisotopic (exact) mass is 295 g/mol. The van der Waals surface area contributed by atoms with Crippen LogP contribution in [0.1, 0.15) is 27.2 Å². The molecule has 1 aromatic carbocycles. The molecule has 5 heteroatoms. The number of methoxy groups -OCH3 is 1. The molecule has 1 aliphatic carbocycles. The van der Waals surface area contributed by atoms with Gasteiger partial charge in [0.15, 0.2) is 5.96 Å². The number of hydrogen-bond acceptors (Lipinski definition) is 2. The van der Waals surface area contributed by atoms with Crippen molar-refractivity contribution in [3.8, 4) is 5.75 Å². The van der Waals surface area contributed by atoms with Crippen LogP contribution in [0.15, 0.2) is 23.2 Å². The second-order valence-corrected chi connectivity index (χ2v) is 6.28. The summed E-state index contributed by atoms with van der Waals surface area (Å²) in [6, 6.07) is 5.75. The predicted octanol–water partition coefficient (Wildman–Crippen LogP) is 3.51. The maximum atomic E-state index is 6.07. The number of guanidine groups is 1. The Hall–Kier alpha value is -1.42. The summed E-state index contributed by atoms with van der Waals surface area (Å²) in [4.78, 5) is 4.54. The summed E-state index contributed by atoms with van der Waals surface area (Å²) >= 11 is 6.07. The molecule has 1 aromatic rings. The minimum absolute atomic E-state index is 0.282. The smallest absolute Gasteiger partial charge is 0.193 e. The minimum atomic E-state index is 0.282. The summed E-state index contributed by atoms with van der Waals surface area (Å²) in [6.07, 6.45) is 1.09. The number of nitrogens with one attached hydrogen (secondary N) is 1. The minimum Gasteiger partial charge on any atom is -0.495 e. The van der Waals surface area contributed by atoms with E-state index in [0.717, 1.165) is 12.1 Å². The zero-order valence-electron chi connectivity index (χ0n) is 12.4. The van der Waals surface area contributed by atoms with Gasteiger partial charge in [-0.3, -0.25) is 0 Å². The molecular formula is C15H22ClN3O. The van der Waals surface area contributed by atoms with Gasteiger partial charge in [0.2, 0.25) is 0 Å². The van der Waals surface area contributed by atoms with Gasteiger partial charge in [-0.05, 0) is 36.0 Å². The van der Waals surface area contributed by atoms with Crippen molar-refractivity contribution in [3.63, 3.8) is 0 Å². The van der Waals surface area contributed by atoms with Gasteiger partial charge in [-0.2, -0.15) is 0 Å². The van der Waals surface area contributed by atoms with Crippen molar-refractivity contribution in [1.29, 1.82) is 0 Å². The average Bonchev–Trinajstić information content (AvgIpc) is 3.01. The Labute approximate surface area is 125 Å². The first-order valence-electron chi connectivity index (χ1n) is 6.80. The second kappa shape index (κ2) is 5.52. The van der Waals surface area contributed by atoms with Crippen LogP contribution in [0.25, 0.3) is 0 Å². The van der Waals surface area contributed by atoms with Crippen molar-refractivity contribution in [1.82, 2.24) is 0 Å². The highest BCUT2D eigenvalue weighted by molar-refractivity contribution is 6.32. The van der Waals surface area contributed by atoms with Gasteiger partial charge >= 0.3 is 0 Å². The SMILES string of the molecule is COc1ccc(NC(N)=NC2CC2(C)C(C)C)cc1Cl. The zero-order valence-corrected chi connectivity index (χ0v) is 13.2. The molecule has 2 rings (SSSR count). The molecule has 1 aliphatic rings. The van der Waals surface area contributed by atoms with Crippen LogP contribution >= 0.6 is 11.6 Å². The van der Waals surface area contributed by atoms with E-state index >= 15 is 0 Å². The Morgan fingerprint density at radius 2 is 2.25 bits per heavy atom. The number of anilines is 1. The van der Waals surface area contributed by atoms with Gasteiger partial charge < -0.3 is 15.8 Å². The van der Waals surface area contributed by atoms with E-state index in [9.17, 15) is 0 Å². The van der Waals surface area contributed by atoms with Crippen LogP contribution in [0, 0.1) is 11.3 Å². The van der Waals surface area contributed by atoms with Gasteiger partial charge in [-0.1, -0.05) is 32.4 Å². The Morgan fingerprint density at radius 1 is 1.55 bits per heavy atom. The third-order valence-electron chi connectivity index (χ3n) is 4.27. The first-order chi connectivity index (χ1) is 9.36. The van der Waals surface area contributed by atoms with E-state index in [2.05, 4.69) is 31.1 Å². The van der Waals surface area contributed by atoms with Crippen LogP contribution in [-0.2, 0) is 0 Å². The standard InChI is InChI=1S/C15H22ClN3O/c1-9(2)15(3)8-13(15)19-14(17)18-10-5-6-12(20-4)11(16)7-10/h5-7,9,13H,8H2,1-4H3,(H3,17,18,19). The molecule has 2 unspecified atom stereocenters. The Balaban J connectivity index is 2.02. The maximum absolute atomic E-state index is 6.07. The normalized spacial score (nSPS) is 25.7. The highest BCUT2D eigenvalue weighted by Crippen LogP contribution is 2.53. The number of nitrogens with two attached hydrogens (primary N) is 1. The number of halogens is 1. The summed E-state index contributed by atoms with van der Waals surface area (Å²) in [5.41, 5.74) is 7.04. The third-order valence-corrected chi connectivity index (χ3v) is 4.57. The van der Waals surface area contributed by atoms with Gasteiger partial charge in [-0.15, -0.1) is 0 Å². The number of ether oxygens (including phenoxy) is 1. The lowest BCUT2D eigenvalue weighted by Gasteiger charge is -2.14. The first-order valence-corrected chi connectivity index (χ1v) is 7.18. The highest BCUT2D eigenvalue weighted by Gasteiger charge is 2.52. The van der Waals surface area contributed by atoms with E-state index in [1.807, 2.05) is 6.07 Å². The molecular weight excluding hydrogens is 274 g/mol. The topological polar surface area (TPSA) is 59.6 Å². The Morgan fingerprint density at radius 3 is 2.75 bits per heavy atom. The summed E-state index contributed by atoms with van der Waals surface area (Å²) in [7, 11) is 1.59. The summed E-state index contributed by atoms with van der Waals surface area (Å²) < 4.78 is 5.11. The van der Waals surface area contributed by atoms with Gasteiger partial charge in [-0.25, -0.2) is 4.99 Å². The van der Waals surface area contributed by atoms with Gasteiger partial charge in [0.25, 0.3) is 0 Å². The largest absolute Gasteiger partial charge is 0.495 e. The summed E-state index contributed by atoms with van der Waals surface area (Å²) in [5, 5.41) is 3.61. The molecule has 0 saturated heterocycles. The number of aliphatic imine (C=N–C) groups is 1. The fourth-order valence-corrected chi connectivity index (χ4v) is 2.52. The van der Waals surface area contributed by atoms with Crippen LogP contribution in [0.4, 0.5) is 5.69 Å². The highest BCUT2D eigenvalue weighted by atomic mass is 35.5. The van der Waals surface area contributed by atoms with Crippen molar-refractivity contribution in [2.75, 3.05) is 12.4 Å². The number of benzene rings is 1. The molecule has 1 fully saturated rings. The van der Waals surface area contributed by atoms with Gasteiger partial charge in [0.1, 0.15) is 5.75 Å². The summed E-state index contributed by atoms with van der Waals surface area (Å²) in [6.45, 7) is 6.70. The average molecular weight is 296 g/mol. The predicted molar refractivity (Wildman–Crippen MR) is 84.6 cm³/mol. The maximum Gasteiger partial charge on any atom is 0.193 e. The summed E-state index contributed by atoms with van der Waals surface area (Å²) in [5.74, 6) is 1.68. The molecule has 2 atom stereocenters. The van der Waals surface area contributed by atoms with Crippen LogP contribution in [-0.4, -0.2) is 19.1 Å². The fraction of sp³-hybridized carbons (Fsp3) is 0.533. The van der Waals surface area contributed by atoms with Crippen molar-refractivity contribution in [2.24, 2.45) is 22.1 Å². The van der Waals surface area contributed by atoms with E-state index in [4.69, 9.17) is 22.1 Å². The van der Waals surface area contributed by atoms with Gasteiger partial charge in [0.05, 0.1) is 18.2 Å². The molecule has 0 heterocycles. The van der Waals surface area contributed by atoms with Crippen LogP contribution in [0.3, 0.4) is 0 Å². The first kappa shape index (κ1) is 15.0. The van der Waals surface area contributed by atoms with Crippen LogP contribution < -0.4 is 15.8 Å². The van der Waals surface area contributed by atoms with E-state index in [1.54, 1.807) is 19.2 Å². The fourth-order valence-electron chi connectivity index (χ4n) is 2.26. The van der Waals surface area contributed by atoms with Gasteiger partial charge in [0, 0.05) is 5.69 Å². The Kier molecular flexibility index (Phi) is 4.14. The molecule has 4 nitrogen and oxygen atoms in total. The van der Waals surface area contributed by atoms with E-state index < -0.39 is 0 Å². The lowest BCUT2D eigenvalue weighted by molar-refractivity contribution is 0.383. The molecule has 0 aromatic heterocycles. The van der Waals surface area contributed by atoms with Crippen molar-refractivity contribution in [2.45, 2.75) is 33.2 Å². The molecule has 0 spiro atoms. The van der Waals surface area contributed by atoms with Crippen molar-refractivity contribution in [3.05, 3.63) is 23.2 Å². The second-order valence-electron chi connectivity index (χ2n) is 5.87. The van der Waals surface area contributed by atoms with E-state index in [-0.39, 0.29) is 5.41 Å². The lowest BCUT2D eigenvalue weighted by atomic mass is 9.94. The van der Waals surface area contributed by atoms with E-state index in [0.29, 0.717) is 28.7 Å². The quantitative estimate of drug-likeness (QED) is 0.660. The third kappa shape index (κ3) is 3.01. The number of nitrogens with zero attached hydrogens (tertiary/aromatic N) is 1.